The number of hydrogen-bond donors (Lipinski definition) is 0. The van der Waals surface area contributed by atoms with Crippen LogP contribution in [0.25, 0.3) is 0 Å². The summed E-state index contributed by atoms with van der Waals surface area (Å²) >= 11 is 0. The van der Waals surface area contributed by atoms with Crippen LogP contribution in [-0.2, 0) is 9.47 Å². The van der Waals surface area contributed by atoms with Gasteiger partial charge in [0.25, 0.3) is 5.91 Å². The second-order valence-corrected chi connectivity index (χ2v) is 8.09. The normalized spacial score (nSPS) is 26.6. The Labute approximate surface area is 149 Å². The number of carbonyl (C=O) groups excluding carboxylic acids is 1. The van der Waals surface area contributed by atoms with E-state index < -0.39 is 0 Å². The van der Waals surface area contributed by atoms with Gasteiger partial charge >= 0.3 is 0 Å². The van der Waals surface area contributed by atoms with Crippen molar-refractivity contribution in [3.05, 3.63) is 24.2 Å². The molecule has 1 aromatic heterocycles. The van der Waals surface area contributed by atoms with Crippen molar-refractivity contribution in [3.63, 3.8) is 0 Å². The minimum atomic E-state index is 0.00946. The van der Waals surface area contributed by atoms with E-state index >= 15 is 0 Å². The van der Waals surface area contributed by atoms with Gasteiger partial charge in [0, 0.05) is 19.7 Å². The predicted molar refractivity (Wildman–Crippen MR) is 93.4 cm³/mol. The van der Waals surface area contributed by atoms with Crippen LogP contribution in [0.5, 0.6) is 0 Å². The van der Waals surface area contributed by atoms with E-state index in [1.807, 2.05) is 4.90 Å². The van der Waals surface area contributed by atoms with Gasteiger partial charge in [0.05, 0.1) is 25.6 Å². The lowest BCUT2D eigenvalue weighted by atomic mass is 9.76. The van der Waals surface area contributed by atoms with Crippen molar-refractivity contribution < 1.29 is 18.7 Å². The van der Waals surface area contributed by atoms with Crippen LogP contribution in [0.2, 0.25) is 0 Å². The van der Waals surface area contributed by atoms with Gasteiger partial charge in [0.1, 0.15) is 0 Å². The fraction of sp³-hybridized carbons (Fsp3) is 0.750. The second kappa shape index (κ2) is 7.50. The maximum Gasteiger partial charge on any atom is 0.289 e. The Morgan fingerprint density at radius 1 is 1.24 bits per heavy atom. The molecule has 25 heavy (non-hydrogen) atoms. The van der Waals surface area contributed by atoms with Gasteiger partial charge in [0.15, 0.2) is 5.76 Å². The Hall–Kier alpha value is -1.33. The molecule has 1 amide bonds. The Balaban J connectivity index is 1.21. The molecule has 1 atom stereocenters. The standard InChI is InChI=1S/C20H29NO4/c22-19(18-6-3-11-24-18)21-9-7-20(8-10-21)12-17(25-15-20)14-23-13-16-4-1-2-5-16/h3,6,11,16-17H,1-2,4-5,7-10,12-15H2. The number of furan rings is 1. The highest BCUT2D eigenvalue weighted by Gasteiger charge is 2.43. The number of nitrogens with zero attached hydrogens (tertiary/aromatic N) is 1. The predicted octanol–water partition coefficient (Wildman–Crippen LogP) is 3.50. The van der Waals surface area contributed by atoms with E-state index in [0.29, 0.717) is 5.76 Å². The average molecular weight is 347 g/mol. The molecular formula is C20H29NO4. The molecule has 1 unspecified atom stereocenters. The van der Waals surface area contributed by atoms with E-state index in [2.05, 4.69) is 0 Å². The van der Waals surface area contributed by atoms with Gasteiger partial charge in [-0.3, -0.25) is 4.79 Å². The van der Waals surface area contributed by atoms with Crippen LogP contribution in [0.1, 0.15) is 55.5 Å². The Morgan fingerprint density at radius 2 is 2.04 bits per heavy atom. The third-order valence-electron chi connectivity index (χ3n) is 6.26. The van der Waals surface area contributed by atoms with Crippen LogP contribution in [-0.4, -0.2) is 49.8 Å². The minimum Gasteiger partial charge on any atom is -0.459 e. The summed E-state index contributed by atoms with van der Waals surface area (Å²) in [6.07, 6.45) is 10.3. The molecule has 4 rings (SSSR count). The first-order valence-electron chi connectivity index (χ1n) is 9.76. The van der Waals surface area contributed by atoms with Crippen LogP contribution in [0.15, 0.2) is 22.8 Å². The monoisotopic (exact) mass is 347 g/mol. The van der Waals surface area contributed by atoms with Crippen molar-refractivity contribution in [1.82, 2.24) is 4.90 Å². The van der Waals surface area contributed by atoms with E-state index in [4.69, 9.17) is 13.9 Å². The summed E-state index contributed by atoms with van der Waals surface area (Å²) in [6.45, 7) is 4.02. The van der Waals surface area contributed by atoms with Crippen LogP contribution in [0.4, 0.5) is 0 Å². The molecular weight excluding hydrogens is 318 g/mol. The molecule has 1 aromatic rings. The Kier molecular flexibility index (Phi) is 5.13. The lowest BCUT2D eigenvalue weighted by molar-refractivity contribution is 0.00256. The highest BCUT2D eigenvalue weighted by atomic mass is 16.5. The maximum atomic E-state index is 12.4. The zero-order valence-electron chi connectivity index (χ0n) is 15.0. The molecule has 0 N–H and O–H groups in total. The molecule has 138 valence electrons. The maximum absolute atomic E-state index is 12.4. The molecule has 3 aliphatic rings. The van der Waals surface area contributed by atoms with Gasteiger partial charge in [0.2, 0.25) is 0 Å². The summed E-state index contributed by atoms with van der Waals surface area (Å²) < 4.78 is 17.2. The van der Waals surface area contributed by atoms with Crippen molar-refractivity contribution in [2.24, 2.45) is 11.3 Å². The van der Waals surface area contributed by atoms with E-state index in [0.717, 1.165) is 58.1 Å². The van der Waals surface area contributed by atoms with Gasteiger partial charge < -0.3 is 18.8 Å². The smallest absolute Gasteiger partial charge is 0.289 e. The highest BCUT2D eigenvalue weighted by Crippen LogP contribution is 2.42. The molecule has 5 nitrogen and oxygen atoms in total. The Morgan fingerprint density at radius 3 is 2.76 bits per heavy atom. The van der Waals surface area contributed by atoms with Crippen molar-refractivity contribution in [1.29, 1.82) is 0 Å². The molecule has 1 saturated carbocycles. The quantitative estimate of drug-likeness (QED) is 0.818. The van der Waals surface area contributed by atoms with Gasteiger partial charge in [-0.05, 0) is 55.6 Å². The molecule has 0 radical (unpaired) electrons. The number of likely N-dealkylation sites (tertiary alicyclic amines) is 1. The number of piperidine rings is 1. The van der Waals surface area contributed by atoms with Crippen LogP contribution >= 0.6 is 0 Å². The Bertz CT molecular complexity index is 556. The third kappa shape index (κ3) is 3.93. The summed E-state index contributed by atoms with van der Waals surface area (Å²) in [5.41, 5.74) is 0.237. The number of ether oxygens (including phenoxy) is 2. The summed E-state index contributed by atoms with van der Waals surface area (Å²) in [7, 11) is 0. The molecule has 0 bridgehead atoms. The molecule has 0 aromatic carbocycles. The van der Waals surface area contributed by atoms with E-state index in [9.17, 15) is 4.79 Å². The first-order chi connectivity index (χ1) is 12.2. The number of rotatable bonds is 5. The topological polar surface area (TPSA) is 51.9 Å². The molecule has 2 saturated heterocycles. The minimum absolute atomic E-state index is 0.00946. The fourth-order valence-electron chi connectivity index (χ4n) is 4.63. The zero-order valence-corrected chi connectivity index (χ0v) is 15.0. The molecule has 1 spiro atoms. The van der Waals surface area contributed by atoms with Gasteiger partial charge in [-0.25, -0.2) is 0 Å². The van der Waals surface area contributed by atoms with Crippen LogP contribution in [0.3, 0.4) is 0 Å². The average Bonchev–Trinajstić information content (AvgIpc) is 3.38. The van der Waals surface area contributed by atoms with Crippen LogP contribution in [0, 0.1) is 11.3 Å². The lowest BCUT2D eigenvalue weighted by Gasteiger charge is -2.38. The van der Waals surface area contributed by atoms with Crippen molar-refractivity contribution in [2.75, 3.05) is 32.9 Å². The zero-order chi connectivity index (χ0) is 17.1. The fourth-order valence-corrected chi connectivity index (χ4v) is 4.63. The lowest BCUT2D eigenvalue weighted by Crippen LogP contribution is -2.43. The summed E-state index contributed by atoms with van der Waals surface area (Å²) in [5.74, 6) is 1.22. The molecule has 2 aliphatic heterocycles. The SMILES string of the molecule is O=C(c1ccco1)N1CCC2(CC1)COC(COCC1CCCC1)C2. The molecule has 1 aliphatic carbocycles. The molecule has 3 fully saturated rings. The molecule has 3 heterocycles. The number of amides is 1. The van der Waals surface area contributed by atoms with E-state index in [1.165, 1.54) is 25.7 Å². The van der Waals surface area contributed by atoms with Gasteiger partial charge in [-0.1, -0.05) is 12.8 Å². The van der Waals surface area contributed by atoms with Gasteiger partial charge in [-0.2, -0.15) is 0 Å². The second-order valence-electron chi connectivity index (χ2n) is 8.09. The first-order valence-corrected chi connectivity index (χ1v) is 9.76. The van der Waals surface area contributed by atoms with Gasteiger partial charge in [-0.15, -0.1) is 0 Å². The van der Waals surface area contributed by atoms with Crippen molar-refractivity contribution in [3.8, 4) is 0 Å². The number of hydrogen-bond acceptors (Lipinski definition) is 4. The first kappa shape index (κ1) is 17.1. The largest absolute Gasteiger partial charge is 0.459 e. The van der Waals surface area contributed by atoms with E-state index in [-0.39, 0.29) is 17.4 Å². The molecule has 5 heteroatoms. The summed E-state index contributed by atoms with van der Waals surface area (Å²) in [4.78, 5) is 14.3. The number of carbonyl (C=O) groups is 1. The highest BCUT2D eigenvalue weighted by molar-refractivity contribution is 5.91. The third-order valence-corrected chi connectivity index (χ3v) is 6.26. The van der Waals surface area contributed by atoms with Crippen molar-refractivity contribution in [2.45, 2.75) is 51.0 Å². The van der Waals surface area contributed by atoms with Crippen molar-refractivity contribution >= 4 is 5.91 Å². The van der Waals surface area contributed by atoms with E-state index in [1.54, 1.807) is 18.4 Å². The van der Waals surface area contributed by atoms with Crippen LogP contribution < -0.4 is 0 Å². The summed E-state index contributed by atoms with van der Waals surface area (Å²) in [6, 6.07) is 3.50. The summed E-state index contributed by atoms with van der Waals surface area (Å²) in [5, 5.41) is 0.